The summed E-state index contributed by atoms with van der Waals surface area (Å²) in [4.78, 5) is 14.1. The van der Waals surface area contributed by atoms with E-state index in [1.807, 2.05) is 43.3 Å². The number of para-hydroxylation sites is 3. The number of rotatable bonds is 3. The lowest BCUT2D eigenvalue weighted by Crippen LogP contribution is -2.27. The number of hydrogen-bond donors (Lipinski definition) is 1. The van der Waals surface area contributed by atoms with E-state index in [-0.39, 0.29) is 5.91 Å². The third-order valence-corrected chi connectivity index (χ3v) is 3.31. The SMILES string of the molecule is COc1ccccc1N(C)C(=O)c1cccc(C)c1N. The highest BCUT2D eigenvalue weighted by Gasteiger charge is 2.19. The van der Waals surface area contributed by atoms with E-state index in [2.05, 4.69) is 0 Å². The molecule has 0 spiro atoms. The van der Waals surface area contributed by atoms with E-state index in [1.54, 1.807) is 25.1 Å². The normalized spacial score (nSPS) is 10.2. The first-order valence-electron chi connectivity index (χ1n) is 6.32. The van der Waals surface area contributed by atoms with Gasteiger partial charge in [0.15, 0.2) is 0 Å². The minimum absolute atomic E-state index is 0.157. The number of hydrogen-bond acceptors (Lipinski definition) is 3. The molecule has 0 fully saturated rings. The molecule has 4 heteroatoms. The molecular weight excluding hydrogens is 252 g/mol. The van der Waals surface area contributed by atoms with Gasteiger partial charge in [0.1, 0.15) is 5.75 Å². The number of aryl methyl sites for hydroxylation is 1. The van der Waals surface area contributed by atoms with E-state index < -0.39 is 0 Å². The van der Waals surface area contributed by atoms with Crippen LogP contribution in [0, 0.1) is 6.92 Å². The summed E-state index contributed by atoms with van der Waals surface area (Å²) in [7, 11) is 3.29. The van der Waals surface area contributed by atoms with Crippen LogP contribution < -0.4 is 15.4 Å². The zero-order chi connectivity index (χ0) is 14.7. The summed E-state index contributed by atoms with van der Waals surface area (Å²) in [5.41, 5.74) is 8.60. The molecule has 0 aromatic heterocycles. The van der Waals surface area contributed by atoms with Crippen LogP contribution in [0.5, 0.6) is 5.75 Å². The number of anilines is 2. The van der Waals surface area contributed by atoms with Gasteiger partial charge in [-0.15, -0.1) is 0 Å². The average Bonchev–Trinajstić information content (AvgIpc) is 2.48. The molecule has 2 rings (SSSR count). The molecule has 0 bridgehead atoms. The Balaban J connectivity index is 2.40. The van der Waals surface area contributed by atoms with Crippen molar-refractivity contribution in [2.45, 2.75) is 6.92 Å². The molecule has 0 aliphatic carbocycles. The molecule has 0 saturated heterocycles. The molecular formula is C16H18N2O2. The summed E-state index contributed by atoms with van der Waals surface area (Å²) >= 11 is 0. The maximum Gasteiger partial charge on any atom is 0.260 e. The fourth-order valence-corrected chi connectivity index (χ4v) is 2.06. The van der Waals surface area contributed by atoms with Crippen molar-refractivity contribution in [3.8, 4) is 5.75 Å². The Morgan fingerprint density at radius 3 is 2.55 bits per heavy atom. The predicted molar refractivity (Wildman–Crippen MR) is 81.3 cm³/mol. The molecule has 0 aliphatic heterocycles. The lowest BCUT2D eigenvalue weighted by molar-refractivity contribution is 0.0993. The maximum absolute atomic E-state index is 12.6. The first-order chi connectivity index (χ1) is 9.56. The van der Waals surface area contributed by atoms with Crippen molar-refractivity contribution in [3.63, 3.8) is 0 Å². The Bertz CT molecular complexity index is 638. The largest absolute Gasteiger partial charge is 0.495 e. The molecule has 0 unspecified atom stereocenters. The average molecular weight is 270 g/mol. The molecule has 0 aliphatic rings. The number of amides is 1. The third-order valence-electron chi connectivity index (χ3n) is 3.31. The lowest BCUT2D eigenvalue weighted by Gasteiger charge is -2.21. The van der Waals surface area contributed by atoms with E-state index >= 15 is 0 Å². The molecule has 2 aromatic carbocycles. The fourth-order valence-electron chi connectivity index (χ4n) is 2.06. The second kappa shape index (κ2) is 5.65. The zero-order valence-corrected chi connectivity index (χ0v) is 11.9. The van der Waals surface area contributed by atoms with Crippen molar-refractivity contribution >= 4 is 17.3 Å². The molecule has 104 valence electrons. The van der Waals surface area contributed by atoms with E-state index in [0.717, 1.165) is 5.56 Å². The van der Waals surface area contributed by atoms with Gasteiger partial charge in [0.05, 0.1) is 18.4 Å². The van der Waals surface area contributed by atoms with Crippen LogP contribution in [0.2, 0.25) is 0 Å². The van der Waals surface area contributed by atoms with Crippen LogP contribution in [-0.4, -0.2) is 20.1 Å². The molecule has 2 N–H and O–H groups in total. The fraction of sp³-hybridized carbons (Fsp3) is 0.188. The van der Waals surface area contributed by atoms with Crippen LogP contribution in [0.3, 0.4) is 0 Å². The predicted octanol–water partition coefficient (Wildman–Crippen LogP) is 2.86. The lowest BCUT2D eigenvalue weighted by atomic mass is 10.1. The number of nitrogens with two attached hydrogens (primary N) is 1. The van der Waals surface area contributed by atoms with Crippen molar-refractivity contribution in [2.75, 3.05) is 24.8 Å². The number of nitrogen functional groups attached to an aromatic ring is 1. The molecule has 2 aromatic rings. The van der Waals surface area contributed by atoms with Gasteiger partial charge in [-0.25, -0.2) is 0 Å². The molecule has 0 heterocycles. The van der Waals surface area contributed by atoms with Crippen molar-refractivity contribution in [3.05, 3.63) is 53.6 Å². The van der Waals surface area contributed by atoms with Gasteiger partial charge in [-0.1, -0.05) is 24.3 Å². The Kier molecular flexibility index (Phi) is 3.94. The maximum atomic E-state index is 12.6. The monoisotopic (exact) mass is 270 g/mol. The van der Waals surface area contributed by atoms with Crippen molar-refractivity contribution < 1.29 is 9.53 Å². The molecule has 0 atom stereocenters. The van der Waals surface area contributed by atoms with Crippen LogP contribution in [0.15, 0.2) is 42.5 Å². The second-order valence-electron chi connectivity index (χ2n) is 4.57. The smallest absolute Gasteiger partial charge is 0.260 e. The number of nitrogens with zero attached hydrogens (tertiary/aromatic N) is 1. The van der Waals surface area contributed by atoms with Crippen molar-refractivity contribution in [1.82, 2.24) is 0 Å². The Morgan fingerprint density at radius 2 is 1.85 bits per heavy atom. The molecule has 0 radical (unpaired) electrons. The molecule has 4 nitrogen and oxygen atoms in total. The summed E-state index contributed by atoms with van der Waals surface area (Å²) in [6, 6.07) is 12.8. The number of methoxy groups -OCH3 is 1. The Morgan fingerprint density at radius 1 is 1.15 bits per heavy atom. The van der Waals surface area contributed by atoms with Gasteiger partial charge in [0.2, 0.25) is 0 Å². The van der Waals surface area contributed by atoms with Gasteiger partial charge >= 0.3 is 0 Å². The van der Waals surface area contributed by atoms with Gasteiger partial charge in [-0.3, -0.25) is 4.79 Å². The highest BCUT2D eigenvalue weighted by atomic mass is 16.5. The van der Waals surface area contributed by atoms with Gasteiger partial charge in [-0.2, -0.15) is 0 Å². The molecule has 0 saturated carbocycles. The minimum atomic E-state index is -0.157. The van der Waals surface area contributed by atoms with Gasteiger partial charge in [0.25, 0.3) is 5.91 Å². The first kappa shape index (κ1) is 13.9. The van der Waals surface area contributed by atoms with Gasteiger partial charge < -0.3 is 15.4 Å². The number of carbonyl (C=O) groups is 1. The van der Waals surface area contributed by atoms with E-state index in [9.17, 15) is 4.79 Å². The summed E-state index contributed by atoms with van der Waals surface area (Å²) in [5.74, 6) is 0.491. The Hall–Kier alpha value is -2.49. The van der Waals surface area contributed by atoms with Gasteiger partial charge in [-0.05, 0) is 30.7 Å². The highest BCUT2D eigenvalue weighted by Crippen LogP contribution is 2.29. The van der Waals surface area contributed by atoms with Gasteiger partial charge in [0, 0.05) is 12.7 Å². The highest BCUT2D eigenvalue weighted by molar-refractivity contribution is 6.09. The minimum Gasteiger partial charge on any atom is -0.495 e. The zero-order valence-electron chi connectivity index (χ0n) is 11.9. The topological polar surface area (TPSA) is 55.6 Å². The van der Waals surface area contributed by atoms with Crippen LogP contribution in [-0.2, 0) is 0 Å². The van der Waals surface area contributed by atoms with E-state index in [4.69, 9.17) is 10.5 Å². The first-order valence-corrected chi connectivity index (χ1v) is 6.32. The standard InChI is InChI=1S/C16H18N2O2/c1-11-7-6-8-12(15(11)17)16(19)18(2)13-9-4-5-10-14(13)20-3/h4-10H,17H2,1-3H3. The second-order valence-corrected chi connectivity index (χ2v) is 4.57. The van der Waals surface area contributed by atoms with E-state index in [1.165, 1.54) is 0 Å². The summed E-state index contributed by atoms with van der Waals surface area (Å²) in [6.45, 7) is 1.88. The molecule has 1 amide bonds. The van der Waals surface area contributed by atoms with Crippen LogP contribution in [0.4, 0.5) is 11.4 Å². The van der Waals surface area contributed by atoms with E-state index in [0.29, 0.717) is 22.7 Å². The summed E-state index contributed by atoms with van der Waals surface area (Å²) in [5, 5.41) is 0. The van der Waals surface area contributed by atoms with Crippen molar-refractivity contribution in [2.24, 2.45) is 0 Å². The number of ether oxygens (including phenoxy) is 1. The van der Waals surface area contributed by atoms with Crippen molar-refractivity contribution in [1.29, 1.82) is 0 Å². The molecule has 20 heavy (non-hydrogen) atoms. The quantitative estimate of drug-likeness (QED) is 0.872. The van der Waals surface area contributed by atoms with Crippen LogP contribution in [0.25, 0.3) is 0 Å². The third kappa shape index (κ3) is 2.45. The number of carbonyl (C=O) groups excluding carboxylic acids is 1. The van der Waals surface area contributed by atoms with Crippen LogP contribution in [0.1, 0.15) is 15.9 Å². The van der Waals surface area contributed by atoms with Crippen LogP contribution >= 0.6 is 0 Å². The summed E-state index contributed by atoms with van der Waals surface area (Å²) in [6.07, 6.45) is 0. The number of benzene rings is 2. The Labute approximate surface area is 118 Å². The summed E-state index contributed by atoms with van der Waals surface area (Å²) < 4.78 is 5.28.